The van der Waals surface area contributed by atoms with Gasteiger partial charge in [-0.05, 0) is 18.2 Å². The van der Waals surface area contributed by atoms with E-state index in [9.17, 15) is 19.7 Å². The Morgan fingerprint density at radius 1 is 1.15 bits per heavy atom. The summed E-state index contributed by atoms with van der Waals surface area (Å²) in [7, 11) is 1.27. The topological polar surface area (TPSA) is 119 Å². The predicted molar refractivity (Wildman–Crippen MR) is 94.6 cm³/mol. The molecule has 1 aliphatic heterocycles. The molecule has 0 bridgehead atoms. The third kappa shape index (κ3) is 3.84. The number of pyridine rings is 2. The number of hydrogen-bond donors (Lipinski definition) is 0. The largest absolute Gasteiger partial charge is 0.465 e. The lowest BCUT2D eigenvalue weighted by Crippen LogP contribution is -2.49. The van der Waals surface area contributed by atoms with Crippen LogP contribution in [0.25, 0.3) is 0 Å². The number of rotatable bonds is 4. The van der Waals surface area contributed by atoms with Crippen LogP contribution in [0.4, 0.5) is 11.5 Å². The molecule has 0 saturated carbocycles. The van der Waals surface area contributed by atoms with E-state index >= 15 is 0 Å². The van der Waals surface area contributed by atoms with Gasteiger partial charge in [-0.2, -0.15) is 0 Å². The fourth-order valence-corrected chi connectivity index (χ4v) is 2.82. The van der Waals surface area contributed by atoms with Crippen LogP contribution in [0.1, 0.15) is 20.8 Å². The molecule has 1 saturated heterocycles. The van der Waals surface area contributed by atoms with Gasteiger partial charge in [0.15, 0.2) is 0 Å². The van der Waals surface area contributed by atoms with Gasteiger partial charge in [0.25, 0.3) is 5.91 Å². The lowest BCUT2D eigenvalue weighted by atomic mass is 10.2. The first-order chi connectivity index (χ1) is 13.0. The van der Waals surface area contributed by atoms with Crippen LogP contribution in [0.3, 0.4) is 0 Å². The quantitative estimate of drug-likeness (QED) is 0.446. The number of amides is 1. The Morgan fingerprint density at radius 2 is 1.89 bits per heavy atom. The SMILES string of the molecule is COC(=O)c1ccc(C(=O)N2CCN(c3ncccc3[N+](=O)[O-])CC2)nc1. The molecule has 1 amide bonds. The van der Waals surface area contributed by atoms with Crippen LogP contribution in [-0.2, 0) is 4.74 Å². The van der Waals surface area contributed by atoms with Crippen molar-refractivity contribution in [2.75, 3.05) is 38.2 Å². The molecule has 0 spiro atoms. The Kier molecular flexibility index (Phi) is 5.25. The first-order valence-electron chi connectivity index (χ1n) is 8.19. The molecule has 3 heterocycles. The summed E-state index contributed by atoms with van der Waals surface area (Å²) < 4.78 is 4.60. The molecule has 0 aliphatic carbocycles. The molecule has 10 heteroatoms. The molecule has 1 fully saturated rings. The Labute approximate surface area is 154 Å². The molecule has 0 radical (unpaired) electrons. The summed E-state index contributed by atoms with van der Waals surface area (Å²) in [4.78, 5) is 46.2. The summed E-state index contributed by atoms with van der Waals surface area (Å²) in [5, 5.41) is 11.2. The molecule has 2 aromatic rings. The molecule has 2 aromatic heterocycles. The monoisotopic (exact) mass is 371 g/mol. The molecule has 27 heavy (non-hydrogen) atoms. The third-order valence-electron chi connectivity index (χ3n) is 4.23. The van der Waals surface area contributed by atoms with Gasteiger partial charge < -0.3 is 14.5 Å². The third-order valence-corrected chi connectivity index (χ3v) is 4.23. The highest BCUT2D eigenvalue weighted by molar-refractivity contribution is 5.94. The Hall–Kier alpha value is -3.56. The maximum Gasteiger partial charge on any atom is 0.339 e. The van der Waals surface area contributed by atoms with Crippen LogP contribution in [0.5, 0.6) is 0 Å². The number of nitro groups is 1. The van der Waals surface area contributed by atoms with Gasteiger partial charge in [0.1, 0.15) is 5.69 Å². The number of carbonyl (C=O) groups is 2. The van der Waals surface area contributed by atoms with Crippen molar-refractivity contribution in [3.05, 3.63) is 58.0 Å². The highest BCUT2D eigenvalue weighted by Gasteiger charge is 2.27. The number of nitrogens with zero attached hydrogens (tertiary/aromatic N) is 5. The van der Waals surface area contributed by atoms with Crippen LogP contribution in [0.2, 0.25) is 0 Å². The van der Waals surface area contributed by atoms with Crippen molar-refractivity contribution in [1.82, 2.24) is 14.9 Å². The first kappa shape index (κ1) is 18.2. The second-order valence-corrected chi connectivity index (χ2v) is 5.81. The van der Waals surface area contributed by atoms with Gasteiger partial charge in [-0.1, -0.05) is 0 Å². The zero-order valence-corrected chi connectivity index (χ0v) is 14.6. The van der Waals surface area contributed by atoms with Crippen LogP contribution in [0.15, 0.2) is 36.7 Å². The summed E-state index contributed by atoms with van der Waals surface area (Å²) in [6.07, 6.45) is 2.80. The van der Waals surface area contributed by atoms with E-state index in [4.69, 9.17) is 0 Å². The van der Waals surface area contributed by atoms with E-state index in [0.717, 1.165) is 0 Å². The highest BCUT2D eigenvalue weighted by atomic mass is 16.6. The van der Waals surface area contributed by atoms with Gasteiger partial charge in [0.05, 0.1) is 17.6 Å². The summed E-state index contributed by atoms with van der Waals surface area (Å²) in [5.41, 5.74) is 0.429. The summed E-state index contributed by atoms with van der Waals surface area (Å²) in [6, 6.07) is 5.89. The van der Waals surface area contributed by atoms with Gasteiger partial charge in [-0.3, -0.25) is 19.9 Å². The van der Waals surface area contributed by atoms with Crippen molar-refractivity contribution < 1.29 is 19.2 Å². The van der Waals surface area contributed by atoms with Crippen molar-refractivity contribution in [2.24, 2.45) is 0 Å². The van der Waals surface area contributed by atoms with Gasteiger partial charge in [-0.15, -0.1) is 0 Å². The zero-order valence-electron chi connectivity index (χ0n) is 14.6. The first-order valence-corrected chi connectivity index (χ1v) is 8.19. The Balaban J connectivity index is 1.66. The fraction of sp³-hybridized carbons (Fsp3) is 0.294. The van der Waals surface area contributed by atoms with E-state index in [1.807, 2.05) is 0 Å². The van der Waals surface area contributed by atoms with E-state index in [1.54, 1.807) is 9.80 Å². The molecule has 0 atom stereocenters. The number of anilines is 1. The van der Waals surface area contributed by atoms with Crippen LogP contribution in [-0.4, -0.2) is 65.0 Å². The van der Waals surface area contributed by atoms with Gasteiger partial charge >= 0.3 is 11.7 Å². The zero-order chi connectivity index (χ0) is 19.4. The minimum absolute atomic E-state index is 0.0580. The minimum Gasteiger partial charge on any atom is -0.465 e. The number of aromatic nitrogens is 2. The smallest absolute Gasteiger partial charge is 0.339 e. The maximum absolute atomic E-state index is 12.6. The second kappa shape index (κ2) is 7.77. The molecule has 1 aliphatic rings. The maximum atomic E-state index is 12.6. The number of ether oxygens (including phenoxy) is 1. The van der Waals surface area contributed by atoms with Gasteiger partial charge in [0, 0.05) is 44.6 Å². The lowest BCUT2D eigenvalue weighted by molar-refractivity contribution is -0.384. The fourth-order valence-electron chi connectivity index (χ4n) is 2.82. The summed E-state index contributed by atoms with van der Waals surface area (Å²) in [5.74, 6) is -0.483. The molecular formula is C17H17N5O5. The van der Waals surface area contributed by atoms with Crippen molar-refractivity contribution >= 4 is 23.4 Å². The lowest BCUT2D eigenvalue weighted by Gasteiger charge is -2.34. The van der Waals surface area contributed by atoms with Crippen molar-refractivity contribution in [3.8, 4) is 0 Å². The highest BCUT2D eigenvalue weighted by Crippen LogP contribution is 2.25. The number of carbonyl (C=O) groups excluding carboxylic acids is 2. The molecule has 0 N–H and O–H groups in total. The van der Waals surface area contributed by atoms with Gasteiger partial charge in [0.2, 0.25) is 5.82 Å². The van der Waals surface area contributed by atoms with Crippen molar-refractivity contribution in [1.29, 1.82) is 0 Å². The number of esters is 1. The molecule has 10 nitrogen and oxygen atoms in total. The second-order valence-electron chi connectivity index (χ2n) is 5.81. The Bertz CT molecular complexity index is 862. The summed E-state index contributed by atoms with van der Waals surface area (Å²) in [6.45, 7) is 1.60. The van der Waals surface area contributed by atoms with Crippen LogP contribution in [0, 0.1) is 10.1 Å². The van der Waals surface area contributed by atoms with Crippen LogP contribution >= 0.6 is 0 Å². The van der Waals surface area contributed by atoms with E-state index in [1.165, 1.54) is 43.8 Å². The number of hydrogen-bond acceptors (Lipinski definition) is 8. The molecule has 140 valence electrons. The minimum atomic E-state index is -0.521. The Morgan fingerprint density at radius 3 is 2.48 bits per heavy atom. The van der Waals surface area contributed by atoms with Gasteiger partial charge in [-0.25, -0.2) is 9.78 Å². The normalized spacial score (nSPS) is 14.0. The van der Waals surface area contributed by atoms with E-state index in [0.29, 0.717) is 32.0 Å². The van der Waals surface area contributed by atoms with E-state index in [-0.39, 0.29) is 22.9 Å². The van der Waals surface area contributed by atoms with Crippen molar-refractivity contribution in [3.63, 3.8) is 0 Å². The van der Waals surface area contributed by atoms with E-state index < -0.39 is 10.9 Å². The molecule has 3 rings (SSSR count). The van der Waals surface area contributed by atoms with Crippen molar-refractivity contribution in [2.45, 2.75) is 0 Å². The molecular weight excluding hydrogens is 354 g/mol. The van der Waals surface area contributed by atoms with E-state index in [2.05, 4.69) is 14.7 Å². The predicted octanol–water partition coefficient (Wildman–Crippen LogP) is 1.13. The number of methoxy groups -OCH3 is 1. The number of piperazine rings is 1. The standard InChI is InChI=1S/C17H17N5O5/c1-27-17(24)12-4-5-13(19-11-12)16(23)21-9-7-20(8-10-21)15-14(22(25)26)3-2-6-18-15/h2-6,11H,7-10H2,1H3. The average Bonchev–Trinajstić information content (AvgIpc) is 2.73. The average molecular weight is 371 g/mol. The molecule has 0 aromatic carbocycles. The van der Waals surface area contributed by atoms with Crippen LogP contribution < -0.4 is 4.90 Å². The molecule has 0 unspecified atom stereocenters. The summed E-state index contributed by atoms with van der Waals surface area (Å²) >= 11 is 0.